The van der Waals surface area contributed by atoms with Gasteiger partial charge in [-0.05, 0) is 17.8 Å². The fraction of sp³-hybridized carbons (Fsp3) is 0.909. The second-order valence-electron chi connectivity index (χ2n) is 5.42. The van der Waals surface area contributed by atoms with E-state index in [0.717, 1.165) is 6.42 Å². The maximum absolute atomic E-state index is 11.7. The van der Waals surface area contributed by atoms with E-state index in [1.165, 1.54) is 0 Å². The van der Waals surface area contributed by atoms with E-state index in [2.05, 4.69) is 33.0 Å². The van der Waals surface area contributed by atoms with Gasteiger partial charge in [0.15, 0.2) is 0 Å². The molecule has 0 aromatic carbocycles. The second kappa shape index (κ2) is 3.32. The Hall–Kier alpha value is -0.530. The first-order valence-corrected chi connectivity index (χ1v) is 5.12. The Bertz CT molecular complexity index is 205. The average Bonchev–Trinajstić information content (AvgIpc) is 2.63. The highest BCUT2D eigenvalue weighted by Gasteiger charge is 2.36. The Morgan fingerprint density at radius 1 is 1.46 bits per heavy atom. The molecule has 1 rings (SSSR count). The van der Waals surface area contributed by atoms with E-state index in [9.17, 15) is 4.79 Å². The highest BCUT2D eigenvalue weighted by molar-refractivity contribution is 5.79. The maximum Gasteiger partial charge on any atom is 0.223 e. The van der Waals surface area contributed by atoms with Gasteiger partial charge in [0.2, 0.25) is 5.91 Å². The molecule has 1 amide bonds. The largest absolute Gasteiger partial charge is 0.353 e. The summed E-state index contributed by atoms with van der Waals surface area (Å²) in [5.41, 5.74) is 0.0716. The normalized spacial score (nSPS) is 29.6. The van der Waals surface area contributed by atoms with E-state index in [4.69, 9.17) is 0 Å². The SMILES string of the molecule is CC1CC1NC(=O)C(C)C(C)(C)C. The molecule has 0 aromatic heterocycles. The number of rotatable bonds is 2. The molecule has 1 aliphatic carbocycles. The molecule has 0 bridgehead atoms. The lowest BCUT2D eigenvalue weighted by molar-refractivity contribution is -0.127. The summed E-state index contributed by atoms with van der Waals surface area (Å²) in [7, 11) is 0. The molecule has 0 aromatic rings. The molecular formula is C11H21NO. The first-order chi connectivity index (χ1) is 5.82. The summed E-state index contributed by atoms with van der Waals surface area (Å²) >= 11 is 0. The third kappa shape index (κ3) is 2.71. The molecule has 3 unspecified atom stereocenters. The van der Waals surface area contributed by atoms with Crippen LogP contribution in [-0.4, -0.2) is 11.9 Å². The lowest BCUT2D eigenvalue weighted by Gasteiger charge is -2.26. The van der Waals surface area contributed by atoms with Crippen LogP contribution in [-0.2, 0) is 4.79 Å². The molecular weight excluding hydrogens is 162 g/mol. The topological polar surface area (TPSA) is 29.1 Å². The molecule has 0 saturated heterocycles. The van der Waals surface area contributed by atoms with Gasteiger partial charge in [-0.25, -0.2) is 0 Å². The van der Waals surface area contributed by atoms with Gasteiger partial charge in [-0.15, -0.1) is 0 Å². The Morgan fingerprint density at radius 2 is 1.92 bits per heavy atom. The van der Waals surface area contributed by atoms with Crippen LogP contribution in [0.1, 0.15) is 41.0 Å². The van der Waals surface area contributed by atoms with Crippen molar-refractivity contribution in [1.82, 2.24) is 5.32 Å². The van der Waals surface area contributed by atoms with Gasteiger partial charge < -0.3 is 5.32 Å². The minimum Gasteiger partial charge on any atom is -0.353 e. The molecule has 1 N–H and O–H groups in total. The van der Waals surface area contributed by atoms with Crippen molar-refractivity contribution in [2.24, 2.45) is 17.3 Å². The van der Waals surface area contributed by atoms with E-state index in [0.29, 0.717) is 12.0 Å². The van der Waals surface area contributed by atoms with E-state index in [1.807, 2.05) is 6.92 Å². The molecule has 76 valence electrons. The van der Waals surface area contributed by atoms with E-state index >= 15 is 0 Å². The number of amides is 1. The molecule has 0 radical (unpaired) electrons. The molecule has 1 fully saturated rings. The van der Waals surface area contributed by atoms with Crippen LogP contribution in [0.2, 0.25) is 0 Å². The van der Waals surface area contributed by atoms with Crippen molar-refractivity contribution in [3.05, 3.63) is 0 Å². The van der Waals surface area contributed by atoms with Gasteiger partial charge in [0.1, 0.15) is 0 Å². The first kappa shape index (κ1) is 10.6. The highest BCUT2D eigenvalue weighted by Crippen LogP contribution is 2.31. The summed E-state index contributed by atoms with van der Waals surface area (Å²) in [4.78, 5) is 11.7. The smallest absolute Gasteiger partial charge is 0.223 e. The molecule has 0 spiro atoms. The zero-order valence-corrected chi connectivity index (χ0v) is 9.35. The predicted octanol–water partition coefficient (Wildman–Crippen LogP) is 2.19. The van der Waals surface area contributed by atoms with Gasteiger partial charge in [-0.1, -0.05) is 34.6 Å². The molecule has 2 heteroatoms. The monoisotopic (exact) mass is 183 g/mol. The zero-order valence-electron chi connectivity index (χ0n) is 9.35. The van der Waals surface area contributed by atoms with Crippen LogP contribution in [0.15, 0.2) is 0 Å². The standard InChI is InChI=1S/C11H21NO/c1-7-6-9(7)12-10(13)8(2)11(3,4)5/h7-9H,6H2,1-5H3,(H,12,13). The lowest BCUT2D eigenvalue weighted by atomic mass is 9.81. The summed E-state index contributed by atoms with van der Waals surface area (Å²) < 4.78 is 0. The van der Waals surface area contributed by atoms with Gasteiger partial charge in [0.25, 0.3) is 0 Å². The van der Waals surface area contributed by atoms with Crippen LogP contribution in [0.5, 0.6) is 0 Å². The number of carbonyl (C=O) groups is 1. The number of nitrogens with one attached hydrogen (secondary N) is 1. The molecule has 0 heterocycles. The van der Waals surface area contributed by atoms with Gasteiger partial charge in [0.05, 0.1) is 0 Å². The van der Waals surface area contributed by atoms with Crippen molar-refractivity contribution in [3.8, 4) is 0 Å². The van der Waals surface area contributed by atoms with Gasteiger partial charge in [0, 0.05) is 12.0 Å². The molecule has 2 nitrogen and oxygen atoms in total. The third-order valence-electron chi connectivity index (χ3n) is 3.13. The van der Waals surface area contributed by atoms with Crippen LogP contribution >= 0.6 is 0 Å². The van der Waals surface area contributed by atoms with Gasteiger partial charge in [-0.3, -0.25) is 4.79 Å². The molecule has 13 heavy (non-hydrogen) atoms. The third-order valence-corrected chi connectivity index (χ3v) is 3.13. The van der Waals surface area contributed by atoms with Crippen LogP contribution in [0.3, 0.4) is 0 Å². The number of carbonyl (C=O) groups excluding carboxylic acids is 1. The summed E-state index contributed by atoms with van der Waals surface area (Å²) in [6.45, 7) is 10.5. The summed E-state index contributed by atoms with van der Waals surface area (Å²) in [6.07, 6.45) is 1.16. The number of hydrogen-bond donors (Lipinski definition) is 1. The summed E-state index contributed by atoms with van der Waals surface area (Å²) in [5, 5.41) is 3.07. The first-order valence-electron chi connectivity index (χ1n) is 5.12. The minimum absolute atomic E-state index is 0.0716. The van der Waals surface area contributed by atoms with E-state index in [-0.39, 0.29) is 17.2 Å². The van der Waals surface area contributed by atoms with Crippen molar-refractivity contribution < 1.29 is 4.79 Å². The summed E-state index contributed by atoms with van der Waals surface area (Å²) in [5.74, 6) is 0.998. The Labute approximate surface area is 81.1 Å². The zero-order chi connectivity index (χ0) is 10.2. The average molecular weight is 183 g/mol. The summed E-state index contributed by atoms with van der Waals surface area (Å²) in [6, 6.07) is 0.456. The Balaban J connectivity index is 2.39. The second-order valence-corrected chi connectivity index (χ2v) is 5.42. The van der Waals surface area contributed by atoms with Crippen LogP contribution < -0.4 is 5.32 Å². The van der Waals surface area contributed by atoms with E-state index < -0.39 is 0 Å². The minimum atomic E-state index is 0.0716. The van der Waals surface area contributed by atoms with Crippen LogP contribution in [0.4, 0.5) is 0 Å². The van der Waals surface area contributed by atoms with Crippen molar-refractivity contribution in [1.29, 1.82) is 0 Å². The molecule has 1 saturated carbocycles. The van der Waals surface area contributed by atoms with E-state index in [1.54, 1.807) is 0 Å². The molecule has 0 aliphatic heterocycles. The van der Waals surface area contributed by atoms with Gasteiger partial charge >= 0.3 is 0 Å². The Kier molecular flexibility index (Phi) is 2.69. The van der Waals surface area contributed by atoms with Gasteiger partial charge in [-0.2, -0.15) is 0 Å². The molecule has 1 aliphatic rings. The van der Waals surface area contributed by atoms with Crippen molar-refractivity contribution >= 4 is 5.91 Å². The fourth-order valence-electron chi connectivity index (χ4n) is 1.22. The van der Waals surface area contributed by atoms with Crippen molar-refractivity contribution in [3.63, 3.8) is 0 Å². The van der Waals surface area contributed by atoms with Crippen molar-refractivity contribution in [2.45, 2.75) is 47.1 Å². The Morgan fingerprint density at radius 3 is 2.23 bits per heavy atom. The molecule has 3 atom stereocenters. The van der Waals surface area contributed by atoms with Crippen LogP contribution in [0.25, 0.3) is 0 Å². The number of hydrogen-bond acceptors (Lipinski definition) is 1. The fourth-order valence-corrected chi connectivity index (χ4v) is 1.22. The maximum atomic E-state index is 11.7. The predicted molar refractivity (Wildman–Crippen MR) is 54.3 cm³/mol. The quantitative estimate of drug-likeness (QED) is 0.698. The highest BCUT2D eigenvalue weighted by atomic mass is 16.2. The van der Waals surface area contributed by atoms with Crippen LogP contribution in [0, 0.1) is 17.3 Å². The van der Waals surface area contributed by atoms with Crippen molar-refractivity contribution in [2.75, 3.05) is 0 Å². The lowest BCUT2D eigenvalue weighted by Crippen LogP contribution is -2.37.